The second-order valence-corrected chi connectivity index (χ2v) is 8.17. The van der Waals surface area contributed by atoms with Crippen molar-refractivity contribution in [1.29, 1.82) is 0 Å². The Balaban J connectivity index is 1.64. The minimum Gasteiger partial charge on any atom is -0.495 e. The number of hydrogen-bond acceptors (Lipinski definition) is 5. The lowest BCUT2D eigenvalue weighted by molar-refractivity contribution is 0.249. The van der Waals surface area contributed by atoms with Gasteiger partial charge in [-0.25, -0.2) is 4.98 Å². The molecule has 1 N–H and O–H groups in total. The van der Waals surface area contributed by atoms with Gasteiger partial charge in [-0.3, -0.25) is 0 Å². The lowest BCUT2D eigenvalue weighted by Gasteiger charge is -2.36. The Hall–Kier alpha value is -2.28. The van der Waals surface area contributed by atoms with Gasteiger partial charge in [0.05, 0.1) is 24.4 Å². The number of piperidine rings is 1. The molecule has 0 radical (unpaired) electrons. The first kappa shape index (κ1) is 20.0. The standard InChI is InChI=1S/C22H27ClN4O2/c1-25(2)16-4-7-26(8-5-16)17-6-9-27-13-20(24-22(27)11-17)18-12-19(23)21(29-3)10-15(18)14-28/h6,9-13,16,28H,4-5,7-8,14H2,1-3H3. The number of aliphatic hydroxyl groups is 1. The number of nitrogens with zero attached hydrogens (tertiary/aromatic N) is 4. The number of hydrogen-bond donors (Lipinski definition) is 1. The molecule has 29 heavy (non-hydrogen) atoms. The van der Waals surface area contributed by atoms with Crippen LogP contribution >= 0.6 is 11.6 Å². The summed E-state index contributed by atoms with van der Waals surface area (Å²) in [6.07, 6.45) is 6.35. The molecule has 4 rings (SSSR count). The number of halogens is 1. The van der Waals surface area contributed by atoms with Gasteiger partial charge in [0.1, 0.15) is 11.4 Å². The van der Waals surface area contributed by atoms with Crippen molar-refractivity contribution >= 4 is 22.9 Å². The van der Waals surface area contributed by atoms with Crippen LogP contribution in [-0.4, -0.2) is 59.7 Å². The van der Waals surface area contributed by atoms with Crippen molar-refractivity contribution in [1.82, 2.24) is 14.3 Å². The molecule has 2 aromatic heterocycles. The van der Waals surface area contributed by atoms with E-state index in [4.69, 9.17) is 21.3 Å². The van der Waals surface area contributed by atoms with Crippen molar-refractivity contribution in [3.05, 3.63) is 47.2 Å². The maximum atomic E-state index is 9.80. The van der Waals surface area contributed by atoms with Gasteiger partial charge in [-0.05, 0) is 50.7 Å². The number of anilines is 1. The molecule has 0 amide bonds. The van der Waals surface area contributed by atoms with Crippen LogP contribution in [0.15, 0.2) is 36.7 Å². The zero-order valence-electron chi connectivity index (χ0n) is 17.1. The van der Waals surface area contributed by atoms with Crippen molar-refractivity contribution in [2.24, 2.45) is 0 Å². The van der Waals surface area contributed by atoms with Crippen LogP contribution in [0.3, 0.4) is 0 Å². The number of fused-ring (bicyclic) bond motifs is 1. The summed E-state index contributed by atoms with van der Waals surface area (Å²) in [5.41, 5.74) is 4.41. The first-order valence-corrected chi connectivity index (χ1v) is 10.3. The van der Waals surface area contributed by atoms with Crippen LogP contribution in [0.5, 0.6) is 5.75 Å². The minimum absolute atomic E-state index is 0.108. The average Bonchev–Trinajstić information content (AvgIpc) is 3.16. The lowest BCUT2D eigenvalue weighted by Crippen LogP contribution is -2.42. The van der Waals surface area contributed by atoms with E-state index in [0.717, 1.165) is 35.6 Å². The highest BCUT2D eigenvalue weighted by atomic mass is 35.5. The minimum atomic E-state index is -0.108. The Morgan fingerprint density at radius 3 is 2.66 bits per heavy atom. The van der Waals surface area contributed by atoms with E-state index in [-0.39, 0.29) is 6.61 Å². The summed E-state index contributed by atoms with van der Waals surface area (Å²) < 4.78 is 7.27. The van der Waals surface area contributed by atoms with Crippen LogP contribution in [0.25, 0.3) is 16.9 Å². The second kappa shape index (κ2) is 8.22. The van der Waals surface area contributed by atoms with Crippen LogP contribution < -0.4 is 9.64 Å². The second-order valence-electron chi connectivity index (χ2n) is 7.76. The lowest BCUT2D eigenvalue weighted by atomic mass is 10.0. The number of aliphatic hydroxyl groups excluding tert-OH is 1. The van der Waals surface area contributed by atoms with E-state index in [1.54, 1.807) is 19.2 Å². The van der Waals surface area contributed by atoms with E-state index < -0.39 is 0 Å². The maximum Gasteiger partial charge on any atom is 0.139 e. The third kappa shape index (κ3) is 3.92. The van der Waals surface area contributed by atoms with Gasteiger partial charge < -0.3 is 24.0 Å². The normalized spacial score (nSPS) is 15.4. The molecule has 3 heterocycles. The molecule has 154 valence electrons. The Labute approximate surface area is 176 Å². The Morgan fingerprint density at radius 2 is 2.00 bits per heavy atom. The SMILES string of the molecule is COc1cc(CO)c(-c2cn3ccc(N4CCC(N(C)C)CC4)cc3n2)cc1Cl. The van der Waals surface area contributed by atoms with Gasteiger partial charge >= 0.3 is 0 Å². The highest BCUT2D eigenvalue weighted by molar-refractivity contribution is 6.32. The van der Waals surface area contributed by atoms with Crippen LogP contribution in [-0.2, 0) is 6.61 Å². The van der Waals surface area contributed by atoms with Gasteiger partial charge in [0.2, 0.25) is 0 Å². The van der Waals surface area contributed by atoms with Gasteiger partial charge in [-0.15, -0.1) is 0 Å². The molecule has 0 spiro atoms. The van der Waals surface area contributed by atoms with Gasteiger partial charge in [0.25, 0.3) is 0 Å². The van der Waals surface area contributed by atoms with Gasteiger partial charge in [0.15, 0.2) is 0 Å². The molecule has 1 aliphatic rings. The number of methoxy groups -OCH3 is 1. The fraction of sp³-hybridized carbons (Fsp3) is 0.409. The number of pyridine rings is 1. The summed E-state index contributed by atoms with van der Waals surface area (Å²) in [7, 11) is 5.88. The largest absolute Gasteiger partial charge is 0.495 e. The summed E-state index contributed by atoms with van der Waals surface area (Å²) >= 11 is 6.32. The van der Waals surface area contributed by atoms with Crippen molar-refractivity contribution < 1.29 is 9.84 Å². The van der Waals surface area contributed by atoms with Crippen LogP contribution in [0.1, 0.15) is 18.4 Å². The average molecular weight is 415 g/mol. The van der Waals surface area contributed by atoms with E-state index in [9.17, 15) is 5.11 Å². The molecule has 0 bridgehead atoms. The molecule has 6 nitrogen and oxygen atoms in total. The summed E-state index contributed by atoms with van der Waals surface area (Å²) in [6.45, 7) is 1.99. The Kier molecular flexibility index (Phi) is 5.67. The number of aromatic nitrogens is 2. The highest BCUT2D eigenvalue weighted by Crippen LogP contribution is 2.34. The van der Waals surface area contributed by atoms with E-state index in [1.807, 2.05) is 16.8 Å². The quantitative estimate of drug-likeness (QED) is 0.690. The zero-order valence-corrected chi connectivity index (χ0v) is 17.9. The van der Waals surface area contributed by atoms with E-state index in [1.165, 1.54) is 18.5 Å². The molecular weight excluding hydrogens is 388 g/mol. The Morgan fingerprint density at radius 1 is 1.24 bits per heavy atom. The predicted molar refractivity (Wildman–Crippen MR) is 117 cm³/mol. The van der Waals surface area contributed by atoms with Gasteiger partial charge in [-0.1, -0.05) is 11.6 Å². The molecule has 1 aromatic carbocycles. The van der Waals surface area contributed by atoms with Gasteiger partial charge in [-0.2, -0.15) is 0 Å². The summed E-state index contributed by atoms with van der Waals surface area (Å²) in [5.74, 6) is 0.548. The molecule has 3 aromatic rings. The predicted octanol–water partition coefficient (Wildman–Crippen LogP) is 3.69. The molecular formula is C22H27ClN4O2. The van der Waals surface area contributed by atoms with Crippen molar-refractivity contribution in [3.63, 3.8) is 0 Å². The number of benzene rings is 1. The summed E-state index contributed by atoms with van der Waals surface area (Å²) in [5, 5.41) is 10.3. The molecule has 1 aliphatic heterocycles. The molecule has 0 saturated carbocycles. The third-order valence-corrected chi connectivity index (χ3v) is 6.12. The fourth-order valence-electron chi connectivity index (χ4n) is 4.06. The summed E-state index contributed by atoms with van der Waals surface area (Å²) in [6, 6.07) is 8.50. The number of rotatable bonds is 5. The topological polar surface area (TPSA) is 53.2 Å². The van der Waals surface area contributed by atoms with Crippen molar-refractivity contribution in [3.8, 4) is 17.0 Å². The van der Waals surface area contributed by atoms with E-state index >= 15 is 0 Å². The van der Waals surface area contributed by atoms with Crippen molar-refractivity contribution in [2.75, 3.05) is 39.2 Å². The zero-order chi connectivity index (χ0) is 20.5. The molecule has 7 heteroatoms. The van der Waals surface area contributed by atoms with Crippen LogP contribution in [0, 0.1) is 0 Å². The number of ether oxygens (including phenoxy) is 1. The maximum absolute atomic E-state index is 9.80. The molecule has 1 saturated heterocycles. The molecule has 1 fully saturated rings. The van der Waals surface area contributed by atoms with Crippen LogP contribution in [0.2, 0.25) is 5.02 Å². The van der Waals surface area contributed by atoms with E-state index in [0.29, 0.717) is 16.8 Å². The smallest absolute Gasteiger partial charge is 0.139 e. The van der Waals surface area contributed by atoms with E-state index in [2.05, 4.69) is 36.0 Å². The monoisotopic (exact) mass is 414 g/mol. The molecule has 0 aliphatic carbocycles. The van der Waals surface area contributed by atoms with Crippen LogP contribution in [0.4, 0.5) is 5.69 Å². The summed E-state index contributed by atoms with van der Waals surface area (Å²) in [4.78, 5) is 9.55. The fourth-order valence-corrected chi connectivity index (χ4v) is 4.30. The van der Waals surface area contributed by atoms with Crippen molar-refractivity contribution in [2.45, 2.75) is 25.5 Å². The highest BCUT2D eigenvalue weighted by Gasteiger charge is 2.21. The van der Waals surface area contributed by atoms with Gasteiger partial charge in [0, 0.05) is 48.8 Å². The third-order valence-electron chi connectivity index (χ3n) is 5.83. The number of imidazole rings is 1. The molecule has 0 atom stereocenters. The molecule has 0 unspecified atom stereocenters. The first-order valence-electron chi connectivity index (χ1n) is 9.88. The Bertz CT molecular complexity index is 1010. The first-order chi connectivity index (χ1) is 14.0.